The Morgan fingerprint density at radius 1 is 1.35 bits per heavy atom. The minimum absolute atomic E-state index is 0.0486. The molecule has 166 valence electrons. The van der Waals surface area contributed by atoms with Crippen LogP contribution in [0.2, 0.25) is 0 Å². The smallest absolute Gasteiger partial charge is 0.268 e. The van der Waals surface area contributed by atoms with Gasteiger partial charge in [0.25, 0.3) is 5.91 Å². The molecule has 0 fully saturated rings. The van der Waals surface area contributed by atoms with Gasteiger partial charge in [0.2, 0.25) is 5.91 Å². The van der Waals surface area contributed by atoms with Gasteiger partial charge in [-0.05, 0) is 19.1 Å². The van der Waals surface area contributed by atoms with E-state index in [1.54, 1.807) is 26.2 Å². The fraction of sp³-hybridized carbons (Fsp3) is 0.500. The third-order valence-corrected chi connectivity index (χ3v) is 5.55. The minimum atomic E-state index is -0.620. The molecule has 1 unspecified atom stereocenters. The first kappa shape index (κ1) is 21.3. The minimum Gasteiger partial charge on any atom is -0.479 e. The molecule has 2 aliphatic heterocycles. The fourth-order valence-corrected chi connectivity index (χ4v) is 3.98. The van der Waals surface area contributed by atoms with Crippen molar-refractivity contribution in [2.24, 2.45) is 0 Å². The van der Waals surface area contributed by atoms with Gasteiger partial charge in [-0.3, -0.25) is 19.2 Å². The molecule has 1 atom stereocenters. The maximum atomic E-state index is 12.6. The molecule has 1 aromatic heterocycles. The zero-order chi connectivity index (χ0) is 21.8. The number of benzene rings is 1. The summed E-state index contributed by atoms with van der Waals surface area (Å²) in [7, 11) is 1.67. The van der Waals surface area contributed by atoms with Crippen LogP contribution in [-0.2, 0) is 45.1 Å². The van der Waals surface area contributed by atoms with Crippen molar-refractivity contribution < 1.29 is 23.8 Å². The number of nitrogens with zero attached hydrogens (tertiary/aromatic N) is 3. The van der Waals surface area contributed by atoms with Crippen LogP contribution in [0.3, 0.4) is 0 Å². The summed E-state index contributed by atoms with van der Waals surface area (Å²) in [5.41, 5.74) is 3.85. The van der Waals surface area contributed by atoms with Crippen LogP contribution in [0.15, 0.2) is 24.3 Å². The maximum absolute atomic E-state index is 12.6. The highest BCUT2D eigenvalue weighted by molar-refractivity contribution is 6.03. The van der Waals surface area contributed by atoms with Gasteiger partial charge in [-0.25, -0.2) is 0 Å². The molecule has 1 aromatic carbocycles. The first-order chi connectivity index (χ1) is 15.1. The van der Waals surface area contributed by atoms with Crippen molar-refractivity contribution in [2.75, 3.05) is 38.3 Å². The van der Waals surface area contributed by atoms with Crippen LogP contribution in [0.1, 0.15) is 23.9 Å². The lowest BCUT2D eigenvalue weighted by Gasteiger charge is -2.32. The molecule has 1 N–H and O–H groups in total. The van der Waals surface area contributed by atoms with Crippen molar-refractivity contribution in [2.45, 2.75) is 39.0 Å². The Hall–Kier alpha value is -2.91. The van der Waals surface area contributed by atoms with Crippen molar-refractivity contribution >= 4 is 17.5 Å². The second-order valence-corrected chi connectivity index (χ2v) is 7.64. The van der Waals surface area contributed by atoms with Gasteiger partial charge in [0, 0.05) is 37.8 Å². The predicted molar refractivity (Wildman–Crippen MR) is 113 cm³/mol. The summed E-state index contributed by atoms with van der Waals surface area (Å²) in [6, 6.07) is 7.25. The lowest BCUT2D eigenvalue weighted by atomic mass is 10.1. The number of hydrogen-bond acceptors (Lipinski definition) is 6. The third kappa shape index (κ3) is 4.57. The summed E-state index contributed by atoms with van der Waals surface area (Å²) in [6.07, 6.45) is 0.807. The van der Waals surface area contributed by atoms with Crippen molar-refractivity contribution in [1.82, 2.24) is 15.1 Å². The summed E-state index contributed by atoms with van der Waals surface area (Å²) in [6.45, 7) is 4.60. The monoisotopic (exact) mass is 428 g/mol. The van der Waals surface area contributed by atoms with Crippen LogP contribution in [0.4, 0.5) is 5.69 Å². The highest BCUT2D eigenvalue weighted by Gasteiger charge is 2.32. The van der Waals surface area contributed by atoms with Crippen LogP contribution in [0.25, 0.3) is 0 Å². The van der Waals surface area contributed by atoms with Gasteiger partial charge in [-0.1, -0.05) is 12.1 Å². The Kier molecular flexibility index (Phi) is 6.53. The normalized spacial score (nSPS) is 17.7. The largest absolute Gasteiger partial charge is 0.479 e. The number of anilines is 1. The molecular formula is C22H28N4O5. The van der Waals surface area contributed by atoms with Crippen LogP contribution >= 0.6 is 0 Å². The summed E-state index contributed by atoms with van der Waals surface area (Å²) in [4.78, 5) is 26.6. The Morgan fingerprint density at radius 3 is 3.03 bits per heavy atom. The number of hydrogen-bond donors (Lipinski definition) is 1. The average molecular weight is 428 g/mol. The SMILES string of the molecule is COCCn1nc(CCNC(=O)CN2C(=O)C(C)Oc3ccccc32)c2c1CCOC2. The first-order valence-corrected chi connectivity index (χ1v) is 10.6. The van der Waals surface area contributed by atoms with Crippen molar-refractivity contribution in [3.05, 3.63) is 41.2 Å². The Bertz CT molecular complexity index is 957. The molecule has 2 aromatic rings. The van der Waals surface area contributed by atoms with E-state index in [-0.39, 0.29) is 18.4 Å². The molecule has 0 saturated carbocycles. The highest BCUT2D eigenvalue weighted by Crippen LogP contribution is 2.33. The van der Waals surface area contributed by atoms with E-state index in [0.717, 1.165) is 17.7 Å². The molecule has 4 rings (SSSR count). The maximum Gasteiger partial charge on any atom is 0.268 e. The van der Waals surface area contributed by atoms with Gasteiger partial charge in [0.15, 0.2) is 6.10 Å². The number of nitrogens with one attached hydrogen (secondary N) is 1. The van der Waals surface area contributed by atoms with Gasteiger partial charge in [0.05, 0.1) is 37.7 Å². The molecule has 31 heavy (non-hydrogen) atoms. The molecule has 0 saturated heterocycles. The van der Waals surface area contributed by atoms with Gasteiger partial charge in [0.1, 0.15) is 12.3 Å². The number of rotatable bonds is 8. The van der Waals surface area contributed by atoms with E-state index >= 15 is 0 Å². The molecule has 2 amide bonds. The molecule has 9 nitrogen and oxygen atoms in total. The van der Waals surface area contributed by atoms with E-state index in [1.807, 2.05) is 16.8 Å². The van der Waals surface area contributed by atoms with E-state index in [0.29, 0.717) is 50.8 Å². The Balaban J connectivity index is 1.37. The van der Waals surface area contributed by atoms with Crippen molar-refractivity contribution in [3.8, 4) is 5.75 Å². The zero-order valence-corrected chi connectivity index (χ0v) is 17.9. The molecule has 0 spiro atoms. The van der Waals surface area contributed by atoms with E-state index < -0.39 is 6.10 Å². The topological polar surface area (TPSA) is 94.9 Å². The molecule has 0 bridgehead atoms. The zero-order valence-electron chi connectivity index (χ0n) is 17.9. The predicted octanol–water partition coefficient (Wildman–Crippen LogP) is 1.08. The average Bonchev–Trinajstić information content (AvgIpc) is 3.13. The number of para-hydroxylation sites is 2. The van der Waals surface area contributed by atoms with E-state index in [2.05, 4.69) is 5.32 Å². The molecule has 2 aliphatic rings. The van der Waals surface area contributed by atoms with Crippen LogP contribution in [-0.4, -0.2) is 61.1 Å². The fourth-order valence-electron chi connectivity index (χ4n) is 3.98. The van der Waals surface area contributed by atoms with Crippen LogP contribution < -0.4 is 15.0 Å². The molecule has 0 aliphatic carbocycles. The first-order valence-electron chi connectivity index (χ1n) is 10.6. The lowest BCUT2D eigenvalue weighted by Crippen LogP contribution is -2.49. The quantitative estimate of drug-likeness (QED) is 0.676. The number of fused-ring (bicyclic) bond motifs is 2. The van der Waals surface area contributed by atoms with Gasteiger partial charge in [-0.15, -0.1) is 0 Å². The highest BCUT2D eigenvalue weighted by atomic mass is 16.5. The summed E-state index contributed by atoms with van der Waals surface area (Å²) in [5, 5.41) is 7.63. The van der Waals surface area contributed by atoms with E-state index in [9.17, 15) is 9.59 Å². The van der Waals surface area contributed by atoms with Crippen LogP contribution in [0, 0.1) is 0 Å². The van der Waals surface area contributed by atoms with Gasteiger partial charge >= 0.3 is 0 Å². The number of carbonyl (C=O) groups excluding carboxylic acids is 2. The lowest BCUT2D eigenvalue weighted by molar-refractivity contribution is -0.128. The van der Waals surface area contributed by atoms with Gasteiger partial charge < -0.3 is 19.5 Å². The Labute approximate surface area is 181 Å². The Morgan fingerprint density at radius 2 is 2.19 bits per heavy atom. The molecule has 0 radical (unpaired) electrons. The van der Waals surface area contributed by atoms with E-state index in [1.165, 1.54) is 10.6 Å². The second-order valence-electron chi connectivity index (χ2n) is 7.64. The number of ether oxygens (including phenoxy) is 3. The van der Waals surface area contributed by atoms with Gasteiger partial charge in [-0.2, -0.15) is 5.10 Å². The second kappa shape index (κ2) is 9.49. The number of methoxy groups -OCH3 is 1. The number of aromatic nitrogens is 2. The number of amides is 2. The van der Waals surface area contributed by atoms with Crippen molar-refractivity contribution in [3.63, 3.8) is 0 Å². The van der Waals surface area contributed by atoms with E-state index in [4.69, 9.17) is 19.3 Å². The third-order valence-electron chi connectivity index (χ3n) is 5.55. The van der Waals surface area contributed by atoms with Crippen molar-refractivity contribution in [1.29, 1.82) is 0 Å². The molecule has 9 heteroatoms. The summed E-state index contributed by atoms with van der Waals surface area (Å²) >= 11 is 0. The van der Waals surface area contributed by atoms with Crippen LogP contribution in [0.5, 0.6) is 5.75 Å². The number of carbonyl (C=O) groups is 2. The standard InChI is InChI=1S/C22H28N4O5/c1-15-22(28)25(19-5-3-4-6-20(19)31-15)13-21(27)23-9-7-17-16-14-30-11-8-18(16)26(24-17)10-12-29-2/h3-6,15H,7-14H2,1-2H3,(H,23,27). The summed E-state index contributed by atoms with van der Waals surface area (Å²) in [5.74, 6) is 0.161. The molecular weight excluding hydrogens is 400 g/mol. The molecule has 3 heterocycles. The summed E-state index contributed by atoms with van der Waals surface area (Å²) < 4.78 is 18.4.